The van der Waals surface area contributed by atoms with Gasteiger partial charge in [-0.2, -0.15) is 18.4 Å². The predicted molar refractivity (Wildman–Crippen MR) is 118 cm³/mol. The Kier molecular flexibility index (Phi) is 6.69. The normalized spacial score (nSPS) is 20.6. The summed E-state index contributed by atoms with van der Waals surface area (Å²) in [5.74, 6) is -0.426. The van der Waals surface area contributed by atoms with Crippen LogP contribution in [0.5, 0.6) is 0 Å². The SMILES string of the molecule is CNC(=O)C1CN(C(=O)CC(C)(C)C)CC12CCN(c1ccc(C#N)c(C(F)(F)F)c1)CC2. The van der Waals surface area contributed by atoms with Gasteiger partial charge in [0, 0.05) is 50.7 Å². The van der Waals surface area contributed by atoms with Crippen molar-refractivity contribution in [3.63, 3.8) is 0 Å². The molecule has 2 fully saturated rings. The van der Waals surface area contributed by atoms with Crippen LogP contribution < -0.4 is 10.2 Å². The van der Waals surface area contributed by atoms with E-state index in [9.17, 15) is 22.8 Å². The fourth-order valence-electron chi connectivity index (χ4n) is 5.04. The summed E-state index contributed by atoms with van der Waals surface area (Å²) in [5, 5.41) is 11.8. The minimum absolute atomic E-state index is 0.0256. The van der Waals surface area contributed by atoms with Gasteiger partial charge in [-0.25, -0.2) is 0 Å². The van der Waals surface area contributed by atoms with E-state index in [0.717, 1.165) is 6.07 Å². The van der Waals surface area contributed by atoms with Crippen molar-refractivity contribution in [1.82, 2.24) is 10.2 Å². The summed E-state index contributed by atoms with van der Waals surface area (Å²) in [6.45, 7) is 7.78. The number of alkyl halides is 3. The van der Waals surface area contributed by atoms with E-state index >= 15 is 0 Å². The lowest BCUT2D eigenvalue weighted by atomic mass is 9.70. The van der Waals surface area contributed by atoms with E-state index in [0.29, 0.717) is 51.1 Å². The number of carbonyl (C=O) groups excluding carboxylic acids is 2. The summed E-state index contributed by atoms with van der Waals surface area (Å²) in [5.41, 5.74) is -1.49. The van der Waals surface area contributed by atoms with Gasteiger partial charge < -0.3 is 15.1 Å². The van der Waals surface area contributed by atoms with Crippen molar-refractivity contribution in [2.75, 3.05) is 38.1 Å². The van der Waals surface area contributed by atoms with Crippen molar-refractivity contribution in [2.45, 2.75) is 46.2 Å². The van der Waals surface area contributed by atoms with Crippen LogP contribution in [0.2, 0.25) is 0 Å². The van der Waals surface area contributed by atoms with Crippen molar-refractivity contribution in [3.05, 3.63) is 29.3 Å². The number of halogens is 3. The second kappa shape index (κ2) is 8.88. The molecule has 9 heteroatoms. The molecule has 180 valence electrons. The molecule has 1 atom stereocenters. The third-order valence-electron chi connectivity index (χ3n) is 6.80. The highest BCUT2D eigenvalue weighted by atomic mass is 19.4. The zero-order valence-electron chi connectivity index (χ0n) is 19.6. The molecule has 1 spiro atoms. The maximum Gasteiger partial charge on any atom is 0.417 e. The van der Waals surface area contributed by atoms with Crippen molar-refractivity contribution in [2.24, 2.45) is 16.7 Å². The molecule has 2 saturated heterocycles. The highest BCUT2D eigenvalue weighted by Gasteiger charge is 2.52. The maximum atomic E-state index is 13.4. The largest absolute Gasteiger partial charge is 0.417 e. The summed E-state index contributed by atoms with van der Waals surface area (Å²) < 4.78 is 40.2. The first-order valence-electron chi connectivity index (χ1n) is 11.2. The van der Waals surface area contributed by atoms with E-state index in [1.165, 1.54) is 12.1 Å². The van der Waals surface area contributed by atoms with Gasteiger partial charge >= 0.3 is 6.18 Å². The van der Waals surface area contributed by atoms with E-state index in [-0.39, 0.29) is 23.1 Å². The number of benzene rings is 1. The molecule has 33 heavy (non-hydrogen) atoms. The van der Waals surface area contributed by atoms with Gasteiger partial charge in [-0.3, -0.25) is 9.59 Å². The van der Waals surface area contributed by atoms with Gasteiger partial charge in [-0.1, -0.05) is 20.8 Å². The molecule has 3 rings (SSSR count). The molecule has 0 bridgehead atoms. The third-order valence-corrected chi connectivity index (χ3v) is 6.80. The van der Waals surface area contributed by atoms with Crippen LogP contribution in [0, 0.1) is 28.1 Å². The van der Waals surface area contributed by atoms with Crippen molar-refractivity contribution in [1.29, 1.82) is 5.26 Å². The number of nitriles is 1. The first kappa shape index (κ1) is 24.9. The van der Waals surface area contributed by atoms with Crippen LogP contribution in [0.25, 0.3) is 0 Å². The van der Waals surface area contributed by atoms with Crippen LogP contribution in [-0.4, -0.2) is 49.9 Å². The van der Waals surface area contributed by atoms with Crippen LogP contribution in [-0.2, 0) is 15.8 Å². The van der Waals surface area contributed by atoms with Gasteiger partial charge in [0.15, 0.2) is 0 Å². The van der Waals surface area contributed by atoms with Gasteiger partial charge in [0.05, 0.1) is 23.1 Å². The first-order valence-corrected chi connectivity index (χ1v) is 11.2. The Bertz CT molecular complexity index is 954. The average Bonchev–Trinajstić information content (AvgIpc) is 3.10. The second-order valence-corrected chi connectivity index (χ2v) is 10.4. The smallest absolute Gasteiger partial charge is 0.371 e. The second-order valence-electron chi connectivity index (χ2n) is 10.4. The maximum absolute atomic E-state index is 13.4. The van der Waals surface area contributed by atoms with Gasteiger partial charge in [-0.05, 0) is 36.5 Å². The van der Waals surface area contributed by atoms with E-state index in [1.54, 1.807) is 18.0 Å². The molecule has 2 heterocycles. The molecule has 0 aromatic heterocycles. The number of carbonyl (C=O) groups is 2. The molecule has 2 aliphatic rings. The Balaban J connectivity index is 1.80. The molecule has 6 nitrogen and oxygen atoms in total. The summed E-state index contributed by atoms with van der Waals surface area (Å²) in [4.78, 5) is 29.2. The number of anilines is 1. The lowest BCUT2D eigenvalue weighted by Gasteiger charge is -2.43. The molecule has 0 saturated carbocycles. The molecular formula is C24H31F3N4O2. The topological polar surface area (TPSA) is 76.4 Å². The fourth-order valence-corrected chi connectivity index (χ4v) is 5.04. The van der Waals surface area contributed by atoms with Crippen molar-refractivity contribution < 1.29 is 22.8 Å². The van der Waals surface area contributed by atoms with Gasteiger partial charge in [0.2, 0.25) is 11.8 Å². The quantitative estimate of drug-likeness (QED) is 0.738. The van der Waals surface area contributed by atoms with Crippen LogP contribution in [0.1, 0.15) is 51.2 Å². The molecule has 1 unspecified atom stereocenters. The number of hydrogen-bond donors (Lipinski definition) is 1. The number of nitrogens with one attached hydrogen (secondary N) is 1. The standard InChI is InChI=1S/C24H31F3N4O2/c1-22(2,3)12-20(32)31-14-19(21(33)29-4)23(15-31)7-9-30(10-8-23)17-6-5-16(13-28)18(11-17)24(25,26)27/h5-6,11,19H,7-10,12,14-15H2,1-4H3,(H,29,33). The zero-order valence-corrected chi connectivity index (χ0v) is 19.6. The Hall–Kier alpha value is -2.76. The Morgan fingerprint density at radius 1 is 1.21 bits per heavy atom. The minimum Gasteiger partial charge on any atom is -0.371 e. The number of rotatable bonds is 3. The monoisotopic (exact) mass is 464 g/mol. The first-order chi connectivity index (χ1) is 15.3. The number of nitrogens with zero attached hydrogens (tertiary/aromatic N) is 3. The molecule has 1 aromatic rings. The molecular weight excluding hydrogens is 433 g/mol. The van der Waals surface area contributed by atoms with E-state index in [1.807, 2.05) is 25.7 Å². The highest BCUT2D eigenvalue weighted by molar-refractivity contribution is 5.83. The average molecular weight is 465 g/mol. The van der Waals surface area contributed by atoms with Crippen molar-refractivity contribution >= 4 is 17.5 Å². The summed E-state index contributed by atoms with van der Waals surface area (Å²) in [7, 11) is 1.58. The molecule has 1 aromatic carbocycles. The Morgan fingerprint density at radius 2 is 1.85 bits per heavy atom. The lowest BCUT2D eigenvalue weighted by Crippen LogP contribution is -2.48. The van der Waals surface area contributed by atoms with Crippen molar-refractivity contribution in [3.8, 4) is 6.07 Å². The number of piperidine rings is 1. The summed E-state index contributed by atoms with van der Waals surface area (Å²) >= 11 is 0. The fraction of sp³-hybridized carbons (Fsp3) is 0.625. The number of amides is 2. The Labute approximate surface area is 192 Å². The third kappa shape index (κ3) is 5.26. The van der Waals surface area contributed by atoms with Crippen LogP contribution in [0.4, 0.5) is 18.9 Å². The number of likely N-dealkylation sites (tertiary alicyclic amines) is 1. The summed E-state index contributed by atoms with van der Waals surface area (Å²) in [6, 6.07) is 5.38. The predicted octanol–water partition coefficient (Wildman–Crippen LogP) is 3.80. The zero-order chi connectivity index (χ0) is 24.6. The lowest BCUT2D eigenvalue weighted by molar-refractivity contribution is -0.138. The Morgan fingerprint density at radius 3 is 2.36 bits per heavy atom. The van der Waals surface area contributed by atoms with Gasteiger partial charge in [-0.15, -0.1) is 0 Å². The van der Waals surface area contributed by atoms with E-state index in [4.69, 9.17) is 5.26 Å². The minimum atomic E-state index is -4.61. The molecule has 0 aliphatic carbocycles. The van der Waals surface area contributed by atoms with Crippen LogP contribution in [0.15, 0.2) is 18.2 Å². The molecule has 0 radical (unpaired) electrons. The van der Waals surface area contributed by atoms with E-state index in [2.05, 4.69) is 5.32 Å². The molecule has 2 amide bonds. The van der Waals surface area contributed by atoms with E-state index < -0.39 is 22.7 Å². The van der Waals surface area contributed by atoms with Crippen LogP contribution >= 0.6 is 0 Å². The molecule has 1 N–H and O–H groups in total. The van der Waals surface area contributed by atoms with Gasteiger partial charge in [0.1, 0.15) is 0 Å². The number of hydrogen-bond acceptors (Lipinski definition) is 4. The van der Waals surface area contributed by atoms with Crippen LogP contribution in [0.3, 0.4) is 0 Å². The molecule has 2 aliphatic heterocycles. The highest BCUT2D eigenvalue weighted by Crippen LogP contribution is 2.46. The summed E-state index contributed by atoms with van der Waals surface area (Å²) in [6.07, 6.45) is -3.04. The van der Waals surface area contributed by atoms with Gasteiger partial charge in [0.25, 0.3) is 0 Å².